The number of carbonyl (C=O) groups excluding carboxylic acids is 2. The van der Waals surface area contributed by atoms with Gasteiger partial charge in [-0.2, -0.15) is 0 Å². The van der Waals surface area contributed by atoms with Crippen LogP contribution in [0.2, 0.25) is 0 Å². The van der Waals surface area contributed by atoms with Gasteiger partial charge in [-0.25, -0.2) is 9.37 Å². The van der Waals surface area contributed by atoms with Crippen molar-refractivity contribution in [3.05, 3.63) is 53.9 Å². The van der Waals surface area contributed by atoms with Crippen LogP contribution >= 0.6 is 0 Å². The molecule has 2 amide bonds. The number of aromatic nitrogens is 2. The minimum absolute atomic E-state index is 0.0426. The van der Waals surface area contributed by atoms with Gasteiger partial charge in [-0.05, 0) is 30.5 Å². The van der Waals surface area contributed by atoms with Crippen LogP contribution in [0.4, 0.5) is 4.39 Å². The Bertz CT molecular complexity index is 779. The Labute approximate surface area is 152 Å². The van der Waals surface area contributed by atoms with E-state index in [-0.39, 0.29) is 23.5 Å². The van der Waals surface area contributed by atoms with Crippen molar-refractivity contribution in [3.8, 4) is 0 Å². The predicted octanol–water partition coefficient (Wildman–Crippen LogP) is 2.02. The highest BCUT2D eigenvalue weighted by molar-refractivity contribution is 5.80. The Morgan fingerprint density at radius 3 is 2.42 bits per heavy atom. The van der Waals surface area contributed by atoms with Crippen LogP contribution in [0, 0.1) is 11.7 Å². The number of hydrogen-bond donors (Lipinski definition) is 1. The number of halogens is 1. The summed E-state index contributed by atoms with van der Waals surface area (Å²) in [7, 11) is 1.86. The molecule has 138 valence electrons. The molecule has 1 saturated heterocycles. The van der Waals surface area contributed by atoms with E-state index in [1.165, 1.54) is 12.1 Å². The van der Waals surface area contributed by atoms with Gasteiger partial charge in [-0.15, -0.1) is 0 Å². The van der Waals surface area contributed by atoms with Gasteiger partial charge in [0.2, 0.25) is 11.8 Å². The summed E-state index contributed by atoms with van der Waals surface area (Å²) in [6.07, 6.45) is 4.76. The van der Waals surface area contributed by atoms with Gasteiger partial charge in [0, 0.05) is 45.4 Å². The highest BCUT2D eigenvalue weighted by atomic mass is 19.1. The molecular formula is C19H23FN4O2. The van der Waals surface area contributed by atoms with Gasteiger partial charge in [0.1, 0.15) is 17.7 Å². The first kappa shape index (κ1) is 18.1. The maximum absolute atomic E-state index is 13.3. The number of carbonyl (C=O) groups is 2. The first-order valence-electron chi connectivity index (χ1n) is 8.74. The molecule has 7 heteroatoms. The van der Waals surface area contributed by atoms with Crippen LogP contribution < -0.4 is 5.32 Å². The van der Waals surface area contributed by atoms with Crippen LogP contribution in [0.1, 0.15) is 37.2 Å². The normalized spacial score (nSPS) is 16.3. The second kappa shape index (κ2) is 7.68. The van der Waals surface area contributed by atoms with Crippen LogP contribution in [0.25, 0.3) is 0 Å². The molecule has 0 saturated carbocycles. The van der Waals surface area contributed by atoms with Crippen molar-refractivity contribution < 1.29 is 14.0 Å². The summed E-state index contributed by atoms with van der Waals surface area (Å²) in [6, 6.07) is 5.63. The highest BCUT2D eigenvalue weighted by Crippen LogP contribution is 2.24. The van der Waals surface area contributed by atoms with E-state index in [4.69, 9.17) is 0 Å². The fourth-order valence-electron chi connectivity index (χ4n) is 3.32. The molecule has 1 N–H and O–H groups in total. The molecule has 1 fully saturated rings. The molecule has 0 bridgehead atoms. The van der Waals surface area contributed by atoms with Crippen molar-refractivity contribution in [2.45, 2.75) is 25.8 Å². The lowest BCUT2D eigenvalue weighted by Crippen LogP contribution is -2.43. The number of nitrogens with one attached hydrogen (secondary N) is 1. The number of piperidine rings is 1. The zero-order chi connectivity index (χ0) is 18.7. The molecule has 6 nitrogen and oxygen atoms in total. The van der Waals surface area contributed by atoms with Crippen LogP contribution in [-0.2, 0) is 16.6 Å². The van der Waals surface area contributed by atoms with Crippen molar-refractivity contribution in [3.63, 3.8) is 0 Å². The van der Waals surface area contributed by atoms with E-state index in [1.54, 1.807) is 30.2 Å². The van der Waals surface area contributed by atoms with Crippen molar-refractivity contribution in [2.75, 3.05) is 13.1 Å². The van der Waals surface area contributed by atoms with E-state index in [2.05, 4.69) is 10.3 Å². The maximum Gasteiger partial charge on any atom is 0.224 e. The van der Waals surface area contributed by atoms with E-state index in [0.717, 1.165) is 5.56 Å². The van der Waals surface area contributed by atoms with Crippen molar-refractivity contribution in [1.82, 2.24) is 19.8 Å². The number of hydrogen-bond acceptors (Lipinski definition) is 3. The van der Waals surface area contributed by atoms with Gasteiger partial charge in [0.25, 0.3) is 0 Å². The van der Waals surface area contributed by atoms with Crippen LogP contribution in [0.3, 0.4) is 0 Å². The third-order valence-electron chi connectivity index (χ3n) is 4.92. The minimum Gasteiger partial charge on any atom is -0.343 e. The Morgan fingerprint density at radius 2 is 1.88 bits per heavy atom. The number of nitrogens with zero attached hydrogens (tertiary/aromatic N) is 3. The summed E-state index contributed by atoms with van der Waals surface area (Å²) in [6.45, 7) is 2.74. The molecule has 0 aliphatic carbocycles. The average Bonchev–Trinajstić information content (AvgIpc) is 3.06. The zero-order valence-corrected chi connectivity index (χ0v) is 15.0. The number of benzene rings is 1. The molecule has 26 heavy (non-hydrogen) atoms. The molecule has 0 spiro atoms. The fourth-order valence-corrected chi connectivity index (χ4v) is 3.32. The van der Waals surface area contributed by atoms with E-state index >= 15 is 0 Å². The third-order valence-corrected chi connectivity index (χ3v) is 4.92. The molecule has 2 aromatic rings. The second-order valence-corrected chi connectivity index (χ2v) is 6.67. The molecule has 1 unspecified atom stereocenters. The van der Waals surface area contributed by atoms with Crippen molar-refractivity contribution in [1.29, 1.82) is 0 Å². The smallest absolute Gasteiger partial charge is 0.224 e. The molecule has 2 heterocycles. The molecule has 1 aromatic heterocycles. The standard InChI is InChI=1S/C19H23FN4O2/c1-13(25)24-10-7-15(8-11-24)19(26)22-17(18-21-9-12-23(18)2)14-3-5-16(20)6-4-14/h3-6,9,12,15,17H,7-8,10-11H2,1-2H3,(H,22,26). The Morgan fingerprint density at radius 1 is 1.23 bits per heavy atom. The fraction of sp³-hybridized carbons (Fsp3) is 0.421. The number of aryl methyl sites for hydroxylation is 1. The number of likely N-dealkylation sites (tertiary alicyclic amines) is 1. The first-order valence-corrected chi connectivity index (χ1v) is 8.74. The summed E-state index contributed by atoms with van der Waals surface area (Å²) in [5, 5.41) is 3.06. The lowest BCUT2D eigenvalue weighted by molar-refractivity contribution is -0.134. The van der Waals surface area contributed by atoms with Gasteiger partial charge < -0.3 is 14.8 Å². The molecule has 1 aliphatic rings. The molecule has 0 radical (unpaired) electrons. The maximum atomic E-state index is 13.3. The Hall–Kier alpha value is -2.70. The summed E-state index contributed by atoms with van der Waals surface area (Å²) in [5.74, 6) is 0.196. The molecule has 1 aliphatic heterocycles. The summed E-state index contributed by atoms with van der Waals surface area (Å²) < 4.78 is 15.1. The summed E-state index contributed by atoms with van der Waals surface area (Å²) in [4.78, 5) is 30.4. The van der Waals surface area contributed by atoms with Crippen LogP contribution in [-0.4, -0.2) is 39.4 Å². The molecular weight excluding hydrogens is 335 g/mol. The van der Waals surface area contributed by atoms with E-state index in [9.17, 15) is 14.0 Å². The molecule has 1 atom stereocenters. The van der Waals surface area contributed by atoms with Gasteiger partial charge in [0.15, 0.2) is 0 Å². The summed E-state index contributed by atoms with van der Waals surface area (Å²) >= 11 is 0. The largest absolute Gasteiger partial charge is 0.343 e. The monoisotopic (exact) mass is 358 g/mol. The van der Waals surface area contributed by atoms with E-state index in [0.29, 0.717) is 31.8 Å². The Balaban J connectivity index is 1.76. The molecule has 1 aromatic carbocycles. The quantitative estimate of drug-likeness (QED) is 0.909. The SMILES string of the molecule is CC(=O)N1CCC(C(=O)NC(c2ccc(F)cc2)c2nccn2C)CC1. The zero-order valence-electron chi connectivity index (χ0n) is 15.0. The topological polar surface area (TPSA) is 67.2 Å². The van der Waals surface area contributed by atoms with E-state index in [1.807, 2.05) is 17.8 Å². The summed E-state index contributed by atoms with van der Waals surface area (Å²) in [5.41, 5.74) is 0.773. The van der Waals surface area contributed by atoms with Crippen molar-refractivity contribution >= 4 is 11.8 Å². The number of amides is 2. The van der Waals surface area contributed by atoms with Gasteiger partial charge in [-0.3, -0.25) is 9.59 Å². The second-order valence-electron chi connectivity index (χ2n) is 6.67. The van der Waals surface area contributed by atoms with Gasteiger partial charge in [0.05, 0.1) is 0 Å². The van der Waals surface area contributed by atoms with Gasteiger partial charge >= 0.3 is 0 Å². The van der Waals surface area contributed by atoms with Crippen molar-refractivity contribution in [2.24, 2.45) is 13.0 Å². The van der Waals surface area contributed by atoms with E-state index < -0.39 is 6.04 Å². The lowest BCUT2D eigenvalue weighted by atomic mass is 9.95. The number of rotatable bonds is 4. The molecule has 3 rings (SSSR count). The third kappa shape index (κ3) is 3.92. The first-order chi connectivity index (χ1) is 12.5. The highest BCUT2D eigenvalue weighted by Gasteiger charge is 2.29. The predicted molar refractivity (Wildman–Crippen MR) is 94.6 cm³/mol. The lowest BCUT2D eigenvalue weighted by Gasteiger charge is -2.31. The van der Waals surface area contributed by atoms with Gasteiger partial charge in [-0.1, -0.05) is 12.1 Å². The van der Waals surface area contributed by atoms with Crippen LogP contribution in [0.15, 0.2) is 36.7 Å². The van der Waals surface area contributed by atoms with Crippen LogP contribution in [0.5, 0.6) is 0 Å². The number of imidazole rings is 1. The Kier molecular flexibility index (Phi) is 5.35. The minimum atomic E-state index is -0.450. The average molecular weight is 358 g/mol.